The normalized spacial score (nSPS) is 14.8. The van der Waals surface area contributed by atoms with Crippen LogP contribution in [0.5, 0.6) is 0 Å². The van der Waals surface area contributed by atoms with E-state index in [1.807, 2.05) is 49.1 Å². The Labute approximate surface area is 193 Å². The first-order valence-corrected chi connectivity index (χ1v) is 11.3. The zero-order valence-corrected chi connectivity index (χ0v) is 19.2. The summed E-state index contributed by atoms with van der Waals surface area (Å²) in [4.78, 5) is 35.6. The highest BCUT2D eigenvalue weighted by Crippen LogP contribution is 2.26. The third-order valence-corrected chi connectivity index (χ3v) is 6.20. The van der Waals surface area contributed by atoms with Gasteiger partial charge in [-0.1, -0.05) is 30.9 Å². The topological polar surface area (TPSA) is 87.3 Å². The Balaban J connectivity index is 1.56. The summed E-state index contributed by atoms with van der Waals surface area (Å²) in [7, 11) is 0. The second kappa shape index (κ2) is 10.0. The summed E-state index contributed by atoms with van der Waals surface area (Å²) in [5, 5.41) is 4.07. The number of aromatic nitrogens is 2. The maximum Gasteiger partial charge on any atom is 0.268 e. The van der Waals surface area contributed by atoms with Crippen LogP contribution in [0.15, 0.2) is 43.1 Å². The first-order chi connectivity index (χ1) is 16.0. The first kappa shape index (κ1) is 22.7. The van der Waals surface area contributed by atoms with Crippen LogP contribution in [-0.4, -0.2) is 53.0 Å². The van der Waals surface area contributed by atoms with Crippen molar-refractivity contribution in [3.63, 3.8) is 0 Å². The van der Waals surface area contributed by atoms with Gasteiger partial charge in [0.05, 0.1) is 24.9 Å². The van der Waals surface area contributed by atoms with Crippen molar-refractivity contribution in [2.24, 2.45) is 0 Å². The SMILES string of the molecule is C=Cc1ccc(C)c2[nH]c(C(=O)NC(CCC(=O)N3CCOCC3)c3ncccc3C)cc12. The molecule has 0 spiro atoms. The number of amides is 2. The van der Waals surface area contributed by atoms with E-state index < -0.39 is 0 Å². The molecule has 1 saturated heterocycles. The van der Waals surface area contributed by atoms with Crippen molar-refractivity contribution in [3.05, 3.63) is 71.2 Å². The van der Waals surface area contributed by atoms with Gasteiger partial charge in [0.1, 0.15) is 5.69 Å². The summed E-state index contributed by atoms with van der Waals surface area (Å²) in [6.45, 7) is 10.2. The van der Waals surface area contributed by atoms with E-state index in [4.69, 9.17) is 4.74 Å². The van der Waals surface area contributed by atoms with Crippen molar-refractivity contribution in [3.8, 4) is 0 Å². The highest BCUT2D eigenvalue weighted by molar-refractivity contribution is 6.01. The summed E-state index contributed by atoms with van der Waals surface area (Å²) in [5.41, 5.74) is 5.18. The summed E-state index contributed by atoms with van der Waals surface area (Å²) in [6, 6.07) is 9.32. The van der Waals surface area contributed by atoms with Gasteiger partial charge in [0, 0.05) is 36.6 Å². The number of carbonyl (C=O) groups is 2. The Morgan fingerprint density at radius 3 is 2.76 bits per heavy atom. The Morgan fingerprint density at radius 1 is 1.24 bits per heavy atom. The van der Waals surface area contributed by atoms with E-state index in [9.17, 15) is 9.59 Å². The minimum Gasteiger partial charge on any atom is -0.378 e. The maximum atomic E-state index is 13.3. The van der Waals surface area contributed by atoms with Crippen LogP contribution in [0.3, 0.4) is 0 Å². The molecule has 3 aromatic rings. The van der Waals surface area contributed by atoms with Crippen LogP contribution >= 0.6 is 0 Å². The Kier molecular flexibility index (Phi) is 6.89. The molecule has 1 unspecified atom stereocenters. The van der Waals surface area contributed by atoms with Gasteiger partial charge in [-0.25, -0.2) is 0 Å². The maximum absolute atomic E-state index is 13.3. The molecule has 7 heteroatoms. The van der Waals surface area contributed by atoms with Crippen molar-refractivity contribution in [2.75, 3.05) is 26.3 Å². The average Bonchev–Trinajstić information content (AvgIpc) is 3.29. The average molecular weight is 447 g/mol. The molecule has 7 nitrogen and oxygen atoms in total. The Morgan fingerprint density at radius 2 is 2.03 bits per heavy atom. The molecule has 2 N–H and O–H groups in total. The monoisotopic (exact) mass is 446 g/mol. The zero-order chi connectivity index (χ0) is 23.4. The standard InChI is InChI=1S/C26H30N4O3/c1-4-19-8-7-18(3)24-20(19)16-22(28-24)26(32)29-21(25-17(2)6-5-11-27-25)9-10-23(31)30-12-14-33-15-13-30/h4-8,11,16,21,28H,1,9-10,12-15H2,2-3H3,(H,29,32). The lowest BCUT2D eigenvalue weighted by atomic mass is 10.0. The molecule has 0 aliphatic carbocycles. The number of aromatic amines is 1. The number of hydrogen-bond acceptors (Lipinski definition) is 4. The van der Waals surface area contributed by atoms with Gasteiger partial charge in [-0.3, -0.25) is 14.6 Å². The van der Waals surface area contributed by atoms with Gasteiger partial charge in [-0.05, 0) is 49.1 Å². The van der Waals surface area contributed by atoms with Crippen LogP contribution in [0.2, 0.25) is 0 Å². The molecule has 1 fully saturated rings. The van der Waals surface area contributed by atoms with Crippen molar-refractivity contribution in [1.82, 2.24) is 20.2 Å². The third-order valence-electron chi connectivity index (χ3n) is 6.20. The molecule has 4 rings (SSSR count). The van der Waals surface area contributed by atoms with E-state index in [1.54, 1.807) is 12.3 Å². The van der Waals surface area contributed by atoms with Crippen molar-refractivity contribution in [2.45, 2.75) is 32.7 Å². The third kappa shape index (κ3) is 4.98. The number of nitrogens with zero attached hydrogens (tertiary/aromatic N) is 2. The summed E-state index contributed by atoms with van der Waals surface area (Å²) < 4.78 is 5.34. The summed E-state index contributed by atoms with van der Waals surface area (Å²) in [5.74, 6) is -0.155. The van der Waals surface area contributed by atoms with Crippen LogP contribution in [0, 0.1) is 13.8 Å². The quantitative estimate of drug-likeness (QED) is 0.576. The lowest BCUT2D eigenvalue weighted by Gasteiger charge is -2.27. The molecule has 33 heavy (non-hydrogen) atoms. The number of nitrogens with one attached hydrogen (secondary N) is 2. The zero-order valence-electron chi connectivity index (χ0n) is 19.2. The van der Waals surface area contributed by atoms with Gasteiger partial charge in [-0.15, -0.1) is 0 Å². The Hall–Kier alpha value is -3.45. The van der Waals surface area contributed by atoms with E-state index in [2.05, 4.69) is 21.9 Å². The number of hydrogen-bond donors (Lipinski definition) is 2. The van der Waals surface area contributed by atoms with E-state index in [-0.39, 0.29) is 17.9 Å². The van der Waals surface area contributed by atoms with Gasteiger partial charge in [-0.2, -0.15) is 0 Å². The number of fused-ring (bicyclic) bond motifs is 1. The molecule has 1 aromatic carbocycles. The largest absolute Gasteiger partial charge is 0.378 e. The van der Waals surface area contributed by atoms with Gasteiger partial charge in [0.25, 0.3) is 5.91 Å². The minimum absolute atomic E-state index is 0.0722. The molecule has 3 heterocycles. The molecule has 1 atom stereocenters. The van der Waals surface area contributed by atoms with Crippen molar-refractivity contribution in [1.29, 1.82) is 0 Å². The number of pyridine rings is 1. The predicted molar refractivity (Wildman–Crippen MR) is 129 cm³/mol. The van der Waals surface area contributed by atoms with Crippen molar-refractivity contribution >= 4 is 28.8 Å². The number of rotatable bonds is 7. The number of morpholine rings is 1. The van der Waals surface area contributed by atoms with Gasteiger partial charge in [0.2, 0.25) is 5.91 Å². The minimum atomic E-state index is -0.380. The number of ether oxygens (including phenoxy) is 1. The van der Waals surface area contributed by atoms with Gasteiger partial charge >= 0.3 is 0 Å². The van der Waals surface area contributed by atoms with E-state index >= 15 is 0 Å². The predicted octanol–water partition coefficient (Wildman–Crippen LogP) is 3.93. The first-order valence-electron chi connectivity index (χ1n) is 11.3. The smallest absolute Gasteiger partial charge is 0.268 e. The number of benzene rings is 1. The molecule has 172 valence electrons. The lowest BCUT2D eigenvalue weighted by molar-refractivity contribution is -0.135. The van der Waals surface area contributed by atoms with E-state index in [0.717, 1.165) is 33.3 Å². The number of aryl methyl sites for hydroxylation is 2. The van der Waals surface area contributed by atoms with Crippen molar-refractivity contribution < 1.29 is 14.3 Å². The molecule has 1 aliphatic rings. The van der Waals surface area contributed by atoms with Gasteiger partial charge < -0.3 is 19.9 Å². The van der Waals surface area contributed by atoms with Crippen LogP contribution < -0.4 is 5.32 Å². The van der Waals surface area contributed by atoms with E-state index in [1.165, 1.54) is 0 Å². The number of carbonyl (C=O) groups excluding carboxylic acids is 2. The van der Waals surface area contributed by atoms with Crippen LogP contribution in [0.4, 0.5) is 0 Å². The van der Waals surface area contributed by atoms with Crippen LogP contribution in [0.1, 0.15) is 51.8 Å². The Bertz CT molecular complexity index is 1180. The molecular formula is C26H30N4O3. The summed E-state index contributed by atoms with van der Waals surface area (Å²) >= 11 is 0. The molecule has 0 radical (unpaired) electrons. The molecular weight excluding hydrogens is 416 g/mol. The number of H-pyrrole nitrogens is 1. The van der Waals surface area contributed by atoms with Gasteiger partial charge in [0.15, 0.2) is 0 Å². The second-order valence-corrected chi connectivity index (χ2v) is 8.41. The summed E-state index contributed by atoms with van der Waals surface area (Å²) in [6.07, 6.45) is 4.30. The van der Waals surface area contributed by atoms with Crippen LogP contribution in [0.25, 0.3) is 17.0 Å². The fraction of sp³-hybridized carbons (Fsp3) is 0.346. The molecule has 2 amide bonds. The second-order valence-electron chi connectivity index (χ2n) is 8.41. The molecule has 0 bridgehead atoms. The highest BCUT2D eigenvalue weighted by atomic mass is 16.5. The molecule has 0 saturated carbocycles. The van der Waals surface area contributed by atoms with Crippen LogP contribution in [-0.2, 0) is 9.53 Å². The molecule has 1 aliphatic heterocycles. The van der Waals surface area contributed by atoms with E-state index in [0.29, 0.717) is 44.8 Å². The molecule has 2 aromatic heterocycles. The fourth-order valence-electron chi connectivity index (χ4n) is 4.30. The lowest BCUT2D eigenvalue weighted by Crippen LogP contribution is -2.41. The fourth-order valence-corrected chi connectivity index (χ4v) is 4.30. The highest BCUT2D eigenvalue weighted by Gasteiger charge is 2.23.